The maximum atomic E-state index is 6.09. The summed E-state index contributed by atoms with van der Waals surface area (Å²) >= 11 is 6.09. The first-order valence-corrected chi connectivity index (χ1v) is 7.75. The van der Waals surface area contributed by atoms with E-state index in [1.807, 2.05) is 6.07 Å². The summed E-state index contributed by atoms with van der Waals surface area (Å²) < 4.78 is 0. The number of hydrogen-bond acceptors (Lipinski definition) is 2. The molecular weight excluding hydrogens is 256 g/mol. The Labute approximate surface area is 121 Å². The van der Waals surface area contributed by atoms with E-state index in [1.165, 1.54) is 31.5 Å². The Bertz CT molecular complexity index is 432. The lowest BCUT2D eigenvalue weighted by molar-refractivity contribution is 0.0442. The van der Waals surface area contributed by atoms with Crippen LogP contribution >= 0.6 is 11.6 Å². The molecule has 2 unspecified atom stereocenters. The third-order valence-electron chi connectivity index (χ3n) is 4.65. The fourth-order valence-corrected chi connectivity index (χ4v) is 3.76. The Morgan fingerprint density at radius 3 is 2.47 bits per heavy atom. The molecule has 2 nitrogen and oxygen atoms in total. The van der Waals surface area contributed by atoms with E-state index >= 15 is 0 Å². The topological polar surface area (TPSA) is 6.48 Å². The first-order valence-electron chi connectivity index (χ1n) is 7.37. The van der Waals surface area contributed by atoms with Crippen LogP contribution in [-0.4, -0.2) is 41.0 Å². The van der Waals surface area contributed by atoms with Crippen LogP contribution in [0, 0.1) is 0 Å². The van der Waals surface area contributed by atoms with Gasteiger partial charge < -0.3 is 0 Å². The zero-order valence-corrected chi connectivity index (χ0v) is 12.6. The van der Waals surface area contributed by atoms with Crippen LogP contribution in [0.15, 0.2) is 24.3 Å². The van der Waals surface area contributed by atoms with Gasteiger partial charge in [0.25, 0.3) is 0 Å². The van der Waals surface area contributed by atoms with Gasteiger partial charge in [0.1, 0.15) is 0 Å². The van der Waals surface area contributed by atoms with E-state index in [2.05, 4.69) is 41.8 Å². The van der Waals surface area contributed by atoms with Crippen molar-refractivity contribution in [2.75, 3.05) is 13.1 Å². The molecule has 0 amide bonds. The number of piperazine rings is 1. The van der Waals surface area contributed by atoms with E-state index in [0.717, 1.165) is 23.7 Å². The number of nitrogens with zero attached hydrogens (tertiary/aromatic N) is 2. The van der Waals surface area contributed by atoms with Gasteiger partial charge in [-0.15, -0.1) is 0 Å². The third kappa shape index (κ3) is 2.81. The smallest absolute Gasteiger partial charge is 0.0409 e. The number of fused-ring (bicyclic) bond motifs is 2. The minimum absolute atomic E-state index is 0.677. The predicted octanol–water partition coefficient (Wildman–Crippen LogP) is 3.40. The number of likely N-dealkylation sites (tertiary alicyclic amines) is 1. The minimum atomic E-state index is 0.677. The monoisotopic (exact) mass is 278 g/mol. The molecule has 104 valence electrons. The average molecular weight is 279 g/mol. The summed E-state index contributed by atoms with van der Waals surface area (Å²) in [6, 6.07) is 10.5. The van der Waals surface area contributed by atoms with Crippen molar-refractivity contribution in [3.8, 4) is 0 Å². The van der Waals surface area contributed by atoms with Crippen molar-refractivity contribution < 1.29 is 0 Å². The lowest BCUT2D eigenvalue weighted by Gasteiger charge is -2.42. The zero-order chi connectivity index (χ0) is 13.4. The van der Waals surface area contributed by atoms with Gasteiger partial charge in [-0.2, -0.15) is 0 Å². The third-order valence-corrected chi connectivity index (χ3v) is 4.88. The summed E-state index contributed by atoms with van der Waals surface area (Å²) in [5.41, 5.74) is 1.35. The van der Waals surface area contributed by atoms with Crippen LogP contribution in [-0.2, 0) is 6.54 Å². The summed E-state index contributed by atoms with van der Waals surface area (Å²) in [7, 11) is 0. The van der Waals surface area contributed by atoms with Crippen molar-refractivity contribution in [3.63, 3.8) is 0 Å². The molecule has 1 aromatic carbocycles. The molecule has 2 atom stereocenters. The van der Waals surface area contributed by atoms with Gasteiger partial charge in [0.05, 0.1) is 0 Å². The van der Waals surface area contributed by atoms with Gasteiger partial charge in [-0.05, 0) is 44.4 Å². The average Bonchev–Trinajstić information content (AvgIpc) is 2.61. The van der Waals surface area contributed by atoms with Gasteiger partial charge in [-0.3, -0.25) is 9.80 Å². The number of benzene rings is 1. The summed E-state index contributed by atoms with van der Waals surface area (Å²) in [6.45, 7) is 8.14. The van der Waals surface area contributed by atoms with E-state index in [0.29, 0.717) is 6.04 Å². The second-order valence-corrected chi connectivity index (χ2v) is 6.67. The molecule has 0 aliphatic carbocycles. The van der Waals surface area contributed by atoms with E-state index in [-0.39, 0.29) is 0 Å². The molecule has 2 heterocycles. The van der Waals surface area contributed by atoms with Crippen LogP contribution in [0.25, 0.3) is 0 Å². The van der Waals surface area contributed by atoms with Gasteiger partial charge in [-0.25, -0.2) is 0 Å². The van der Waals surface area contributed by atoms with E-state index in [1.54, 1.807) is 0 Å². The normalized spacial score (nSPS) is 28.2. The van der Waals surface area contributed by atoms with Crippen molar-refractivity contribution in [2.24, 2.45) is 0 Å². The molecule has 0 spiro atoms. The van der Waals surface area contributed by atoms with Crippen LogP contribution in [0.4, 0.5) is 0 Å². The molecule has 3 heteroatoms. The molecule has 0 saturated carbocycles. The number of rotatable bonds is 3. The van der Waals surface area contributed by atoms with E-state index in [4.69, 9.17) is 11.6 Å². The summed E-state index contributed by atoms with van der Waals surface area (Å²) in [5, 5.41) is 0.852. The Balaban J connectivity index is 1.70. The molecule has 0 aromatic heterocycles. The second-order valence-electron chi connectivity index (χ2n) is 6.23. The standard InChI is InChI=1S/C16H23ClN2/c1-12(2)18-10-15-6-7-16(11-18)19(15)9-13-4-3-5-14(17)8-13/h3-5,8,12,15-16H,6-7,9-11H2,1-2H3. The van der Waals surface area contributed by atoms with E-state index in [9.17, 15) is 0 Å². The predicted molar refractivity (Wildman–Crippen MR) is 80.5 cm³/mol. The molecule has 19 heavy (non-hydrogen) atoms. The van der Waals surface area contributed by atoms with Gasteiger partial charge in [0, 0.05) is 42.8 Å². The Morgan fingerprint density at radius 1 is 1.21 bits per heavy atom. The van der Waals surface area contributed by atoms with Crippen LogP contribution in [0.3, 0.4) is 0 Å². The highest BCUT2D eigenvalue weighted by Gasteiger charge is 2.40. The number of halogens is 1. The lowest BCUT2D eigenvalue weighted by Crippen LogP contribution is -2.54. The minimum Gasteiger partial charge on any atom is -0.298 e. The molecular formula is C16H23ClN2. The highest BCUT2D eigenvalue weighted by molar-refractivity contribution is 6.30. The maximum Gasteiger partial charge on any atom is 0.0409 e. The first kappa shape index (κ1) is 13.4. The number of hydrogen-bond donors (Lipinski definition) is 0. The zero-order valence-electron chi connectivity index (χ0n) is 11.8. The van der Waals surface area contributed by atoms with Gasteiger partial charge in [-0.1, -0.05) is 23.7 Å². The van der Waals surface area contributed by atoms with E-state index < -0.39 is 0 Å². The molecule has 3 rings (SSSR count). The van der Waals surface area contributed by atoms with Gasteiger partial charge in [0.15, 0.2) is 0 Å². The molecule has 2 fully saturated rings. The second kappa shape index (κ2) is 5.43. The van der Waals surface area contributed by atoms with Gasteiger partial charge >= 0.3 is 0 Å². The molecule has 2 bridgehead atoms. The molecule has 0 N–H and O–H groups in total. The molecule has 0 radical (unpaired) electrons. The van der Waals surface area contributed by atoms with Crippen molar-refractivity contribution in [1.29, 1.82) is 0 Å². The van der Waals surface area contributed by atoms with Gasteiger partial charge in [0.2, 0.25) is 0 Å². The molecule has 1 aromatic rings. The Hall–Kier alpha value is -0.570. The summed E-state index contributed by atoms with van der Waals surface area (Å²) in [4.78, 5) is 5.33. The summed E-state index contributed by atoms with van der Waals surface area (Å²) in [6.07, 6.45) is 2.71. The SMILES string of the molecule is CC(C)N1CC2CCC(C1)N2Cc1cccc(Cl)c1. The molecule has 2 aliphatic heterocycles. The van der Waals surface area contributed by atoms with Crippen molar-refractivity contribution in [3.05, 3.63) is 34.9 Å². The Morgan fingerprint density at radius 2 is 1.89 bits per heavy atom. The van der Waals surface area contributed by atoms with Crippen LogP contribution < -0.4 is 0 Å². The van der Waals surface area contributed by atoms with Crippen LogP contribution in [0.5, 0.6) is 0 Å². The molecule has 2 saturated heterocycles. The fourth-order valence-electron chi connectivity index (χ4n) is 3.55. The first-order chi connectivity index (χ1) is 9.13. The Kier molecular flexibility index (Phi) is 3.84. The fraction of sp³-hybridized carbons (Fsp3) is 0.625. The maximum absolute atomic E-state index is 6.09. The summed E-state index contributed by atoms with van der Waals surface area (Å²) in [5.74, 6) is 0. The van der Waals surface area contributed by atoms with Crippen molar-refractivity contribution >= 4 is 11.6 Å². The van der Waals surface area contributed by atoms with Crippen LogP contribution in [0.2, 0.25) is 5.02 Å². The lowest BCUT2D eigenvalue weighted by atomic mass is 10.1. The highest BCUT2D eigenvalue weighted by Crippen LogP contribution is 2.32. The van der Waals surface area contributed by atoms with Crippen LogP contribution in [0.1, 0.15) is 32.3 Å². The molecule has 2 aliphatic rings. The van der Waals surface area contributed by atoms with Crippen molar-refractivity contribution in [1.82, 2.24) is 9.80 Å². The quantitative estimate of drug-likeness (QED) is 0.836. The van der Waals surface area contributed by atoms with Crippen molar-refractivity contribution in [2.45, 2.75) is 51.4 Å². The largest absolute Gasteiger partial charge is 0.298 e. The highest BCUT2D eigenvalue weighted by atomic mass is 35.5.